The molecule has 4 rings (SSSR count). The molecule has 1 aliphatic carbocycles. The molecule has 4 unspecified atom stereocenters. The molecule has 4 atom stereocenters. The third-order valence-electron chi connectivity index (χ3n) is 5.22. The molecule has 0 aromatic carbocycles. The van der Waals surface area contributed by atoms with Crippen molar-refractivity contribution in [2.45, 2.75) is 57.0 Å². The molecule has 1 amide bonds. The van der Waals surface area contributed by atoms with E-state index in [4.69, 9.17) is 0 Å². The van der Waals surface area contributed by atoms with E-state index in [2.05, 4.69) is 33.0 Å². The van der Waals surface area contributed by atoms with E-state index in [1.807, 2.05) is 12.1 Å². The van der Waals surface area contributed by atoms with Crippen LogP contribution in [0.5, 0.6) is 0 Å². The number of nitrogens with zero attached hydrogens (tertiary/aromatic N) is 2. The average Bonchev–Trinajstić information content (AvgIpc) is 3.16. The van der Waals surface area contributed by atoms with Crippen molar-refractivity contribution >= 4 is 5.91 Å². The quantitative estimate of drug-likeness (QED) is 0.757. The second-order valence-electron chi connectivity index (χ2n) is 6.62. The van der Waals surface area contributed by atoms with Crippen LogP contribution < -0.4 is 16.1 Å². The Morgan fingerprint density at radius 2 is 1.95 bits per heavy atom. The topological polar surface area (TPSA) is 69.3 Å². The summed E-state index contributed by atoms with van der Waals surface area (Å²) < 4.78 is 0. The molecule has 1 aromatic heterocycles. The fourth-order valence-electron chi connectivity index (χ4n) is 4.10. The van der Waals surface area contributed by atoms with Crippen LogP contribution in [0.25, 0.3) is 0 Å². The molecule has 6 nitrogen and oxygen atoms in total. The molecule has 3 heterocycles. The monoisotopic (exact) mass is 301 g/mol. The van der Waals surface area contributed by atoms with Gasteiger partial charge in [-0.25, -0.2) is 10.4 Å². The smallest absolute Gasteiger partial charge is 0.229 e. The highest BCUT2D eigenvalue weighted by Gasteiger charge is 2.50. The maximum atomic E-state index is 12.6. The maximum absolute atomic E-state index is 12.6. The summed E-state index contributed by atoms with van der Waals surface area (Å²) in [7, 11) is 0. The number of pyridine rings is 1. The standard InChI is InChI=1S/C16H23N5O/c1-10-13-15(21(20-10)12-4-2-3-5-12)18-14(19-16(13)22)11-6-8-17-9-7-11/h6-10,12-15,18,20H,2-5H2,1H3,(H,19,22). The highest BCUT2D eigenvalue weighted by atomic mass is 16.2. The first kappa shape index (κ1) is 14.1. The number of carbonyl (C=O) groups excluding carboxylic acids is 1. The van der Waals surface area contributed by atoms with E-state index in [-0.39, 0.29) is 30.2 Å². The van der Waals surface area contributed by atoms with Gasteiger partial charge in [-0.05, 0) is 37.5 Å². The van der Waals surface area contributed by atoms with Crippen molar-refractivity contribution in [3.05, 3.63) is 30.1 Å². The summed E-state index contributed by atoms with van der Waals surface area (Å²) in [5.41, 5.74) is 4.59. The van der Waals surface area contributed by atoms with E-state index in [0.717, 1.165) is 5.56 Å². The summed E-state index contributed by atoms with van der Waals surface area (Å²) in [6.07, 6.45) is 8.44. The van der Waals surface area contributed by atoms with Gasteiger partial charge in [0.1, 0.15) is 6.17 Å². The molecule has 22 heavy (non-hydrogen) atoms. The SMILES string of the molecule is CC1NN(C2CCCC2)C2NC(c3ccncc3)NC(=O)C12. The Kier molecular flexibility index (Phi) is 3.60. The molecule has 3 aliphatic rings. The van der Waals surface area contributed by atoms with E-state index in [1.165, 1.54) is 25.7 Å². The molecule has 0 spiro atoms. The number of fused-ring (bicyclic) bond motifs is 1. The fourth-order valence-corrected chi connectivity index (χ4v) is 4.10. The second-order valence-corrected chi connectivity index (χ2v) is 6.62. The van der Waals surface area contributed by atoms with Crippen molar-refractivity contribution in [1.82, 2.24) is 26.1 Å². The number of hydrazine groups is 1. The Labute approximate surface area is 130 Å². The molecular formula is C16H23N5O. The van der Waals surface area contributed by atoms with Crippen LogP contribution in [0.15, 0.2) is 24.5 Å². The molecule has 1 aromatic rings. The van der Waals surface area contributed by atoms with Crippen LogP contribution in [-0.4, -0.2) is 34.1 Å². The van der Waals surface area contributed by atoms with Crippen LogP contribution in [0.2, 0.25) is 0 Å². The summed E-state index contributed by atoms with van der Waals surface area (Å²) in [5.74, 6) is 0.0877. The molecule has 0 bridgehead atoms. The van der Waals surface area contributed by atoms with Crippen LogP contribution in [0.1, 0.15) is 44.3 Å². The molecule has 3 fully saturated rings. The number of nitrogens with one attached hydrogen (secondary N) is 3. The van der Waals surface area contributed by atoms with Crippen LogP contribution >= 0.6 is 0 Å². The zero-order valence-corrected chi connectivity index (χ0v) is 12.8. The molecule has 1 saturated carbocycles. The van der Waals surface area contributed by atoms with Crippen molar-refractivity contribution in [3.63, 3.8) is 0 Å². The van der Waals surface area contributed by atoms with Crippen molar-refractivity contribution < 1.29 is 4.79 Å². The molecule has 2 aliphatic heterocycles. The van der Waals surface area contributed by atoms with Gasteiger partial charge in [0.05, 0.1) is 12.1 Å². The van der Waals surface area contributed by atoms with E-state index in [0.29, 0.717) is 6.04 Å². The lowest BCUT2D eigenvalue weighted by Crippen LogP contribution is -2.61. The summed E-state index contributed by atoms with van der Waals surface area (Å²) in [6.45, 7) is 2.10. The number of aromatic nitrogens is 1. The zero-order chi connectivity index (χ0) is 15.1. The predicted molar refractivity (Wildman–Crippen MR) is 82.2 cm³/mol. The van der Waals surface area contributed by atoms with Crippen LogP contribution in [0.4, 0.5) is 0 Å². The van der Waals surface area contributed by atoms with Crippen molar-refractivity contribution in [2.24, 2.45) is 5.92 Å². The summed E-state index contributed by atoms with van der Waals surface area (Å²) in [5, 5.41) is 9.04. The average molecular weight is 301 g/mol. The molecule has 3 N–H and O–H groups in total. The summed E-state index contributed by atoms with van der Waals surface area (Å²) in [4.78, 5) is 16.6. The van der Waals surface area contributed by atoms with E-state index >= 15 is 0 Å². The fraction of sp³-hybridized carbons (Fsp3) is 0.625. The van der Waals surface area contributed by atoms with Gasteiger partial charge in [0, 0.05) is 24.5 Å². The minimum atomic E-state index is -0.146. The Morgan fingerprint density at radius 1 is 1.23 bits per heavy atom. The van der Waals surface area contributed by atoms with Gasteiger partial charge in [0.2, 0.25) is 5.91 Å². The van der Waals surface area contributed by atoms with Crippen molar-refractivity contribution in [1.29, 1.82) is 0 Å². The normalized spacial score (nSPS) is 36.3. The molecule has 118 valence electrons. The number of rotatable bonds is 2. The van der Waals surface area contributed by atoms with Crippen molar-refractivity contribution in [2.75, 3.05) is 0 Å². The van der Waals surface area contributed by atoms with Crippen LogP contribution in [0, 0.1) is 5.92 Å². The number of carbonyl (C=O) groups is 1. The first-order chi connectivity index (χ1) is 10.7. The number of amides is 1. The zero-order valence-electron chi connectivity index (χ0n) is 12.8. The largest absolute Gasteiger partial charge is 0.336 e. The number of hydrogen-bond donors (Lipinski definition) is 3. The molecule has 0 radical (unpaired) electrons. The lowest BCUT2D eigenvalue weighted by atomic mass is 9.95. The highest BCUT2D eigenvalue weighted by molar-refractivity contribution is 5.81. The van der Waals surface area contributed by atoms with Gasteiger partial charge >= 0.3 is 0 Å². The minimum absolute atomic E-state index is 0.0429. The van der Waals surface area contributed by atoms with Crippen LogP contribution in [-0.2, 0) is 4.79 Å². The second kappa shape index (κ2) is 5.61. The molecular weight excluding hydrogens is 278 g/mol. The minimum Gasteiger partial charge on any atom is -0.336 e. The first-order valence-electron chi connectivity index (χ1n) is 8.25. The lowest BCUT2D eigenvalue weighted by molar-refractivity contribution is -0.130. The van der Waals surface area contributed by atoms with E-state index in [9.17, 15) is 4.79 Å². The van der Waals surface area contributed by atoms with Gasteiger partial charge in [0.15, 0.2) is 0 Å². The third kappa shape index (κ3) is 2.31. The third-order valence-corrected chi connectivity index (χ3v) is 5.22. The Hall–Kier alpha value is -1.50. The lowest BCUT2D eigenvalue weighted by Gasteiger charge is -2.39. The molecule has 6 heteroatoms. The van der Waals surface area contributed by atoms with Gasteiger partial charge in [-0.3, -0.25) is 15.1 Å². The highest BCUT2D eigenvalue weighted by Crippen LogP contribution is 2.33. The Bertz CT molecular complexity index is 545. The first-order valence-corrected chi connectivity index (χ1v) is 8.25. The van der Waals surface area contributed by atoms with Gasteiger partial charge in [0.25, 0.3) is 0 Å². The van der Waals surface area contributed by atoms with Gasteiger partial charge in [-0.15, -0.1) is 0 Å². The van der Waals surface area contributed by atoms with Gasteiger partial charge < -0.3 is 5.32 Å². The Balaban J connectivity index is 1.59. The van der Waals surface area contributed by atoms with Crippen molar-refractivity contribution in [3.8, 4) is 0 Å². The Morgan fingerprint density at radius 3 is 2.68 bits per heavy atom. The number of hydrogen-bond acceptors (Lipinski definition) is 5. The predicted octanol–water partition coefficient (Wildman–Crippen LogP) is 0.893. The van der Waals surface area contributed by atoms with E-state index < -0.39 is 0 Å². The van der Waals surface area contributed by atoms with Gasteiger partial charge in [-0.1, -0.05) is 12.8 Å². The van der Waals surface area contributed by atoms with Crippen LogP contribution in [0.3, 0.4) is 0 Å². The maximum Gasteiger partial charge on any atom is 0.229 e. The van der Waals surface area contributed by atoms with E-state index in [1.54, 1.807) is 12.4 Å². The molecule has 2 saturated heterocycles. The summed E-state index contributed by atoms with van der Waals surface area (Å²) in [6, 6.07) is 4.60. The summed E-state index contributed by atoms with van der Waals surface area (Å²) >= 11 is 0. The van der Waals surface area contributed by atoms with Gasteiger partial charge in [-0.2, -0.15) is 0 Å².